The summed E-state index contributed by atoms with van der Waals surface area (Å²) in [7, 11) is 0. The molecule has 0 bridgehead atoms. The number of nitrogens with zero attached hydrogens (tertiary/aromatic N) is 6. The van der Waals surface area contributed by atoms with E-state index in [2.05, 4.69) is 47.0 Å². The summed E-state index contributed by atoms with van der Waals surface area (Å²) in [6.07, 6.45) is 0.833. The average Bonchev–Trinajstić information content (AvgIpc) is 3.22. The number of anilines is 1. The number of tetrazole rings is 1. The van der Waals surface area contributed by atoms with Crippen molar-refractivity contribution in [2.24, 2.45) is 0 Å². The lowest BCUT2D eigenvalue weighted by Gasteiger charge is -2.10. The minimum atomic E-state index is -0.181. The summed E-state index contributed by atoms with van der Waals surface area (Å²) < 4.78 is 2.82. The molecule has 0 unspecified atom stereocenters. The predicted octanol–water partition coefficient (Wildman–Crippen LogP) is 2.35. The second kappa shape index (κ2) is 6.45. The summed E-state index contributed by atoms with van der Waals surface area (Å²) in [5.74, 6) is -0.0132. The number of amides is 1. The third-order valence-electron chi connectivity index (χ3n) is 4.27. The maximum absolute atomic E-state index is 12.1. The van der Waals surface area contributed by atoms with Crippen LogP contribution in [-0.2, 0) is 11.2 Å². The number of aromatic nitrogens is 7. The maximum Gasteiger partial charge on any atom is 0.269 e. The molecule has 2 N–H and O–H groups in total. The summed E-state index contributed by atoms with van der Waals surface area (Å²) >= 11 is 3.47. The molecular weight excluding hydrogens is 400 g/mol. The van der Waals surface area contributed by atoms with E-state index in [4.69, 9.17) is 4.98 Å². The minimum absolute atomic E-state index is 0.168. The molecule has 3 aromatic heterocycles. The van der Waals surface area contributed by atoms with Crippen molar-refractivity contribution in [3.05, 3.63) is 39.6 Å². The third kappa shape index (κ3) is 2.92. The summed E-state index contributed by atoms with van der Waals surface area (Å²) in [5, 5.41) is 21.4. The molecule has 0 aliphatic carbocycles. The zero-order chi connectivity index (χ0) is 18.3. The third-order valence-corrected chi connectivity index (χ3v) is 4.77. The lowest BCUT2D eigenvalue weighted by Crippen LogP contribution is -2.15. The topological polar surface area (TPSA) is 114 Å². The zero-order valence-electron chi connectivity index (χ0n) is 14.1. The van der Waals surface area contributed by atoms with E-state index in [0.29, 0.717) is 6.42 Å². The Morgan fingerprint density at radius 1 is 1.35 bits per heavy atom. The fourth-order valence-corrected chi connectivity index (χ4v) is 3.35. The van der Waals surface area contributed by atoms with Crippen molar-refractivity contribution in [2.45, 2.75) is 26.7 Å². The number of benzene rings is 1. The van der Waals surface area contributed by atoms with Crippen LogP contribution in [0.2, 0.25) is 0 Å². The largest absolute Gasteiger partial charge is 0.292 e. The number of rotatable bonds is 4. The predicted molar refractivity (Wildman–Crippen MR) is 98.8 cm³/mol. The highest BCUT2D eigenvalue weighted by Gasteiger charge is 2.15. The molecule has 132 valence electrons. The van der Waals surface area contributed by atoms with Gasteiger partial charge >= 0.3 is 0 Å². The van der Waals surface area contributed by atoms with Gasteiger partial charge in [0.15, 0.2) is 5.65 Å². The number of aryl methyl sites for hydroxylation is 2. The first-order valence-corrected chi connectivity index (χ1v) is 8.79. The van der Waals surface area contributed by atoms with Crippen LogP contribution < -0.4 is 5.32 Å². The molecule has 9 nitrogen and oxygen atoms in total. The van der Waals surface area contributed by atoms with Gasteiger partial charge in [-0.05, 0) is 49.2 Å². The number of hydrogen-bond donors (Lipinski definition) is 2. The Balaban J connectivity index is 1.64. The van der Waals surface area contributed by atoms with Crippen LogP contribution in [-0.4, -0.2) is 41.1 Å². The standard InChI is InChI=1S/C16H15BrN8O/c1-8-11(5-6-14(26)19-16-20-23-24-21-16)9(2)25-15(18-8)12-4-3-10(17)7-13(12)22-25/h3-4,7H,5-6H2,1-2H3,(H2,19,20,21,23,24,26). The van der Waals surface area contributed by atoms with Gasteiger partial charge < -0.3 is 0 Å². The number of hydrogen-bond acceptors (Lipinski definition) is 6. The summed E-state index contributed by atoms with van der Waals surface area (Å²) in [6, 6.07) is 5.95. The zero-order valence-corrected chi connectivity index (χ0v) is 15.7. The van der Waals surface area contributed by atoms with Gasteiger partial charge in [-0.3, -0.25) is 10.1 Å². The van der Waals surface area contributed by atoms with Crippen molar-refractivity contribution in [1.82, 2.24) is 35.2 Å². The molecular formula is C16H15BrN8O. The van der Waals surface area contributed by atoms with Crippen LogP contribution in [0.1, 0.15) is 23.4 Å². The van der Waals surface area contributed by atoms with Gasteiger partial charge in [0.1, 0.15) is 0 Å². The van der Waals surface area contributed by atoms with Gasteiger partial charge in [0.25, 0.3) is 5.95 Å². The summed E-state index contributed by atoms with van der Waals surface area (Å²) in [4.78, 5) is 16.8. The van der Waals surface area contributed by atoms with Crippen LogP contribution in [0.4, 0.5) is 5.95 Å². The van der Waals surface area contributed by atoms with Crippen LogP contribution in [0.25, 0.3) is 16.6 Å². The van der Waals surface area contributed by atoms with Gasteiger partial charge in [-0.2, -0.15) is 10.3 Å². The Bertz CT molecular complexity index is 1120. The highest BCUT2D eigenvalue weighted by molar-refractivity contribution is 9.10. The smallest absolute Gasteiger partial charge is 0.269 e. The van der Waals surface area contributed by atoms with Gasteiger partial charge in [0.2, 0.25) is 5.91 Å². The van der Waals surface area contributed by atoms with Crippen LogP contribution in [0, 0.1) is 13.8 Å². The van der Waals surface area contributed by atoms with E-state index < -0.39 is 0 Å². The Kier molecular flexibility index (Phi) is 4.11. The fourth-order valence-electron chi connectivity index (χ4n) is 3.01. The molecule has 1 amide bonds. The molecule has 1 aromatic carbocycles. The molecule has 0 radical (unpaired) electrons. The number of nitrogens with one attached hydrogen (secondary N) is 2. The first kappa shape index (κ1) is 16.6. The Hall–Kier alpha value is -2.88. The fraction of sp³-hybridized carbons (Fsp3) is 0.250. The van der Waals surface area contributed by atoms with E-state index in [1.807, 2.05) is 36.6 Å². The van der Waals surface area contributed by atoms with Crippen molar-refractivity contribution in [3.8, 4) is 0 Å². The molecule has 0 fully saturated rings. The maximum atomic E-state index is 12.1. The van der Waals surface area contributed by atoms with E-state index in [1.165, 1.54) is 0 Å². The molecule has 0 spiro atoms. The number of carbonyl (C=O) groups excluding carboxylic acids is 1. The van der Waals surface area contributed by atoms with Crippen molar-refractivity contribution in [2.75, 3.05) is 5.32 Å². The lowest BCUT2D eigenvalue weighted by atomic mass is 10.1. The van der Waals surface area contributed by atoms with Crippen LogP contribution in [0.15, 0.2) is 22.7 Å². The highest BCUT2D eigenvalue weighted by atomic mass is 79.9. The first-order valence-electron chi connectivity index (χ1n) is 8.00. The van der Waals surface area contributed by atoms with E-state index in [0.717, 1.165) is 38.0 Å². The molecule has 0 saturated heterocycles. The molecule has 0 atom stereocenters. The van der Waals surface area contributed by atoms with Crippen molar-refractivity contribution >= 4 is 44.3 Å². The molecule has 0 aliphatic heterocycles. The molecule has 10 heteroatoms. The van der Waals surface area contributed by atoms with Crippen LogP contribution >= 0.6 is 15.9 Å². The van der Waals surface area contributed by atoms with Gasteiger partial charge in [-0.25, -0.2) is 9.50 Å². The first-order chi connectivity index (χ1) is 12.5. The average molecular weight is 415 g/mol. The summed E-state index contributed by atoms with van der Waals surface area (Å²) in [5.41, 5.74) is 4.58. The Labute approximate surface area is 156 Å². The van der Waals surface area contributed by atoms with Crippen LogP contribution in [0.3, 0.4) is 0 Å². The normalized spacial score (nSPS) is 11.3. The molecule has 3 heterocycles. The Morgan fingerprint density at radius 2 is 2.19 bits per heavy atom. The summed E-state index contributed by atoms with van der Waals surface area (Å²) in [6.45, 7) is 3.95. The second-order valence-electron chi connectivity index (χ2n) is 5.94. The number of H-pyrrole nitrogens is 1. The number of aromatic amines is 1. The SMILES string of the molecule is Cc1nc2c3ccc(Br)cc3nn2c(C)c1CCC(=O)Nc1nn[nH]n1. The van der Waals surface area contributed by atoms with E-state index in [1.54, 1.807) is 0 Å². The highest BCUT2D eigenvalue weighted by Crippen LogP contribution is 2.25. The van der Waals surface area contributed by atoms with Crippen molar-refractivity contribution in [1.29, 1.82) is 0 Å². The van der Waals surface area contributed by atoms with Gasteiger partial charge in [-0.1, -0.05) is 21.0 Å². The van der Waals surface area contributed by atoms with Crippen molar-refractivity contribution < 1.29 is 4.79 Å². The van der Waals surface area contributed by atoms with E-state index in [-0.39, 0.29) is 18.3 Å². The van der Waals surface area contributed by atoms with E-state index in [9.17, 15) is 4.79 Å². The Morgan fingerprint density at radius 3 is 2.96 bits per heavy atom. The molecule has 4 aromatic rings. The molecule has 0 saturated carbocycles. The lowest BCUT2D eigenvalue weighted by molar-refractivity contribution is -0.116. The van der Waals surface area contributed by atoms with Crippen LogP contribution in [0.5, 0.6) is 0 Å². The van der Waals surface area contributed by atoms with Gasteiger partial charge in [-0.15, -0.1) is 5.10 Å². The quantitative estimate of drug-likeness (QED) is 0.529. The monoisotopic (exact) mass is 414 g/mol. The minimum Gasteiger partial charge on any atom is -0.292 e. The number of fused-ring (bicyclic) bond motifs is 3. The second-order valence-corrected chi connectivity index (χ2v) is 6.86. The molecule has 0 aliphatic rings. The molecule has 4 rings (SSSR count). The van der Waals surface area contributed by atoms with E-state index >= 15 is 0 Å². The number of halogens is 1. The van der Waals surface area contributed by atoms with Crippen molar-refractivity contribution in [3.63, 3.8) is 0 Å². The van der Waals surface area contributed by atoms with Gasteiger partial charge in [0.05, 0.1) is 5.52 Å². The van der Waals surface area contributed by atoms with Gasteiger partial charge in [0, 0.05) is 27.7 Å². The molecule has 26 heavy (non-hydrogen) atoms. The number of carbonyl (C=O) groups is 1.